The summed E-state index contributed by atoms with van der Waals surface area (Å²) in [5.41, 5.74) is 5.53. The number of rotatable bonds is 7. The van der Waals surface area contributed by atoms with E-state index < -0.39 is 5.97 Å². The molecule has 2 saturated heterocycles. The third-order valence-corrected chi connectivity index (χ3v) is 9.20. The Morgan fingerprint density at radius 3 is 2.65 bits per heavy atom. The molecule has 2 bridgehead atoms. The zero-order valence-corrected chi connectivity index (χ0v) is 21.5. The molecule has 1 N–H and O–H groups in total. The second kappa shape index (κ2) is 8.96. The first-order valence-electron chi connectivity index (χ1n) is 13.1. The number of aryl methyl sites for hydroxylation is 1. The molecule has 0 radical (unpaired) electrons. The Kier molecular flexibility index (Phi) is 5.55. The van der Waals surface area contributed by atoms with Crippen LogP contribution in [-0.2, 0) is 11.3 Å². The number of benzene rings is 2. The van der Waals surface area contributed by atoms with E-state index >= 15 is 0 Å². The largest absolute Gasteiger partial charge is 0.478 e. The maximum atomic E-state index is 11.4. The lowest BCUT2D eigenvalue weighted by Gasteiger charge is -2.38. The molecule has 1 saturated carbocycles. The maximum Gasteiger partial charge on any atom is 0.335 e. The number of carbonyl (C=O) groups is 1. The second-order valence-corrected chi connectivity index (χ2v) is 11.7. The van der Waals surface area contributed by atoms with Gasteiger partial charge in [0.2, 0.25) is 0 Å². The van der Waals surface area contributed by atoms with Crippen LogP contribution in [0.3, 0.4) is 0 Å². The maximum absolute atomic E-state index is 11.4. The number of piperidine rings is 1. The second-order valence-electron chi connectivity index (χ2n) is 10.6. The topological polar surface area (TPSA) is 88.7 Å². The first-order chi connectivity index (χ1) is 18.0. The van der Waals surface area contributed by atoms with Crippen LogP contribution in [0.5, 0.6) is 0 Å². The Bertz CT molecular complexity index is 1480. The van der Waals surface area contributed by atoms with E-state index in [9.17, 15) is 9.90 Å². The number of carboxylic acid groups (broad SMARTS) is 1. The Morgan fingerprint density at radius 2 is 1.92 bits per heavy atom. The van der Waals surface area contributed by atoms with E-state index in [2.05, 4.69) is 41.2 Å². The van der Waals surface area contributed by atoms with Crippen molar-refractivity contribution in [2.45, 2.75) is 76.2 Å². The molecule has 3 atom stereocenters. The standard InChI is InChI=1S/C29H29N3O4S/c1-16-4-2-3-5-22(16)26-23(27(36-31-26)17-6-7-17)15-35-21-13-19-9-10-20(14-21)32(19)29-30-24-11-8-18(28(33)34)12-25(24)37-29/h2-5,8,11-12,17,19-21H,6-7,9-10,13-15H2,1H3,(H,33,34)/t19-,20+,21?. The summed E-state index contributed by atoms with van der Waals surface area (Å²) in [7, 11) is 0. The highest BCUT2D eigenvalue weighted by Gasteiger charge is 2.43. The lowest BCUT2D eigenvalue weighted by molar-refractivity contribution is 0.0147. The molecule has 4 heterocycles. The fraction of sp³-hybridized carbons (Fsp3) is 0.414. The molecule has 7 rings (SSSR count). The number of hydrogen-bond acceptors (Lipinski definition) is 7. The van der Waals surface area contributed by atoms with Crippen LogP contribution in [-0.4, -0.2) is 39.4 Å². The van der Waals surface area contributed by atoms with Crippen molar-refractivity contribution in [2.75, 3.05) is 4.90 Å². The van der Waals surface area contributed by atoms with Crippen molar-refractivity contribution in [3.05, 3.63) is 64.9 Å². The molecule has 3 fully saturated rings. The molecule has 1 unspecified atom stereocenters. The first-order valence-corrected chi connectivity index (χ1v) is 13.9. The van der Waals surface area contributed by atoms with Crippen molar-refractivity contribution < 1.29 is 19.2 Å². The molecule has 4 aromatic rings. The van der Waals surface area contributed by atoms with Crippen molar-refractivity contribution in [1.29, 1.82) is 0 Å². The van der Waals surface area contributed by atoms with Gasteiger partial charge in [0.15, 0.2) is 5.13 Å². The minimum Gasteiger partial charge on any atom is -0.478 e. The van der Waals surface area contributed by atoms with E-state index in [0.717, 1.165) is 76.5 Å². The minimum atomic E-state index is -0.905. The smallest absolute Gasteiger partial charge is 0.335 e. The molecule has 0 spiro atoms. The van der Waals surface area contributed by atoms with Crippen LogP contribution < -0.4 is 4.90 Å². The third kappa shape index (κ3) is 4.12. The van der Waals surface area contributed by atoms with E-state index in [1.54, 1.807) is 23.5 Å². The number of ether oxygens (including phenoxy) is 1. The Hall–Kier alpha value is -3.23. The SMILES string of the molecule is Cc1ccccc1-c1noc(C2CC2)c1COC1C[C@H]2CC[C@@H](C1)N2c1nc2ccc(C(=O)O)cc2s1. The summed E-state index contributed by atoms with van der Waals surface area (Å²) >= 11 is 1.60. The number of thiazole rings is 1. The van der Waals surface area contributed by atoms with E-state index in [4.69, 9.17) is 14.2 Å². The monoisotopic (exact) mass is 515 g/mol. The predicted molar refractivity (Wildman–Crippen MR) is 142 cm³/mol. The van der Waals surface area contributed by atoms with Crippen LogP contribution in [0.15, 0.2) is 47.0 Å². The molecule has 7 nitrogen and oxygen atoms in total. The van der Waals surface area contributed by atoms with Gasteiger partial charge in [-0.25, -0.2) is 9.78 Å². The van der Waals surface area contributed by atoms with Gasteiger partial charge in [0, 0.05) is 29.1 Å². The van der Waals surface area contributed by atoms with Crippen LogP contribution in [0, 0.1) is 6.92 Å². The molecule has 37 heavy (non-hydrogen) atoms. The first kappa shape index (κ1) is 22.9. The van der Waals surface area contributed by atoms with Crippen LogP contribution in [0.2, 0.25) is 0 Å². The van der Waals surface area contributed by atoms with Crippen LogP contribution in [0.1, 0.15) is 71.7 Å². The van der Waals surface area contributed by atoms with Gasteiger partial charge in [-0.2, -0.15) is 0 Å². The third-order valence-electron chi connectivity index (χ3n) is 8.17. The Labute approximate surface area is 219 Å². The molecule has 1 aliphatic carbocycles. The average molecular weight is 516 g/mol. The number of hydrogen-bond donors (Lipinski definition) is 1. The normalized spacial score (nSPS) is 23.2. The van der Waals surface area contributed by atoms with Gasteiger partial charge in [0.1, 0.15) is 11.5 Å². The van der Waals surface area contributed by atoms with Gasteiger partial charge < -0.3 is 19.3 Å². The molecule has 2 aliphatic heterocycles. The summed E-state index contributed by atoms with van der Waals surface area (Å²) in [5.74, 6) is 0.578. The van der Waals surface area contributed by atoms with Crippen molar-refractivity contribution in [2.24, 2.45) is 0 Å². The fourth-order valence-corrected chi connectivity index (χ4v) is 7.26. The average Bonchev–Trinajstić information content (AvgIpc) is 3.41. The summed E-state index contributed by atoms with van der Waals surface area (Å²) < 4.78 is 13.4. The molecule has 3 aliphatic rings. The van der Waals surface area contributed by atoms with Gasteiger partial charge in [-0.15, -0.1) is 0 Å². The number of nitrogens with zero attached hydrogens (tertiary/aromatic N) is 3. The van der Waals surface area contributed by atoms with Crippen LogP contribution in [0.4, 0.5) is 5.13 Å². The summed E-state index contributed by atoms with van der Waals surface area (Å²) in [6, 6.07) is 14.3. The van der Waals surface area contributed by atoms with Gasteiger partial charge in [0.05, 0.1) is 28.5 Å². The van der Waals surface area contributed by atoms with Gasteiger partial charge in [-0.1, -0.05) is 40.8 Å². The van der Waals surface area contributed by atoms with E-state index in [1.807, 2.05) is 6.07 Å². The zero-order chi connectivity index (χ0) is 25.1. The van der Waals surface area contributed by atoms with Crippen LogP contribution >= 0.6 is 11.3 Å². The van der Waals surface area contributed by atoms with Crippen molar-refractivity contribution >= 4 is 32.7 Å². The Balaban J connectivity index is 1.09. The van der Waals surface area contributed by atoms with Crippen molar-refractivity contribution in [3.63, 3.8) is 0 Å². The quantitative estimate of drug-likeness (QED) is 0.298. The molecule has 2 aromatic carbocycles. The highest BCUT2D eigenvalue weighted by Crippen LogP contribution is 2.46. The van der Waals surface area contributed by atoms with Crippen molar-refractivity contribution in [1.82, 2.24) is 10.1 Å². The van der Waals surface area contributed by atoms with Crippen molar-refractivity contribution in [3.8, 4) is 11.3 Å². The molecular formula is C29H29N3O4S. The number of carboxylic acids is 1. The predicted octanol–water partition coefficient (Wildman–Crippen LogP) is 6.55. The summed E-state index contributed by atoms with van der Waals surface area (Å²) in [6.45, 7) is 2.64. The summed E-state index contributed by atoms with van der Waals surface area (Å²) in [5, 5.41) is 14.8. The zero-order valence-electron chi connectivity index (χ0n) is 20.7. The van der Waals surface area contributed by atoms with Gasteiger partial charge in [-0.3, -0.25) is 0 Å². The van der Waals surface area contributed by atoms with E-state index in [-0.39, 0.29) is 6.10 Å². The molecule has 8 heteroatoms. The molecule has 0 amide bonds. The number of anilines is 1. The summed E-state index contributed by atoms with van der Waals surface area (Å²) in [6.07, 6.45) is 6.72. The van der Waals surface area contributed by atoms with E-state index in [0.29, 0.717) is 30.2 Å². The lowest BCUT2D eigenvalue weighted by atomic mass is 9.99. The molecule has 190 valence electrons. The number of aromatic carboxylic acids is 1. The summed E-state index contributed by atoms with van der Waals surface area (Å²) in [4.78, 5) is 18.7. The van der Waals surface area contributed by atoms with Gasteiger partial charge >= 0.3 is 5.97 Å². The molecule has 2 aromatic heterocycles. The number of fused-ring (bicyclic) bond motifs is 3. The lowest BCUT2D eigenvalue weighted by Crippen LogP contribution is -2.45. The fourth-order valence-electron chi connectivity index (χ4n) is 6.11. The number of aromatic nitrogens is 2. The van der Waals surface area contributed by atoms with Gasteiger partial charge in [0.25, 0.3) is 0 Å². The minimum absolute atomic E-state index is 0.188. The van der Waals surface area contributed by atoms with Gasteiger partial charge in [-0.05, 0) is 69.2 Å². The highest BCUT2D eigenvalue weighted by molar-refractivity contribution is 7.22. The van der Waals surface area contributed by atoms with E-state index in [1.165, 1.54) is 5.56 Å². The molecular weight excluding hydrogens is 486 g/mol. The highest BCUT2D eigenvalue weighted by atomic mass is 32.1. The Morgan fingerprint density at radius 1 is 1.14 bits per heavy atom. The van der Waals surface area contributed by atoms with Crippen LogP contribution in [0.25, 0.3) is 21.5 Å².